The zero-order chi connectivity index (χ0) is 14.0. The number of benzene rings is 2. The molecule has 0 atom stereocenters. The molecule has 1 amide bonds. The molecule has 0 aliphatic carbocycles. The number of nitrogens with one attached hydrogen (secondary N) is 1. The van der Waals surface area contributed by atoms with E-state index in [0.717, 1.165) is 0 Å². The second kappa shape index (κ2) is 4.99. The molecule has 0 heterocycles. The summed E-state index contributed by atoms with van der Waals surface area (Å²) in [5.41, 5.74) is 0.579. The van der Waals surface area contributed by atoms with E-state index in [0.29, 0.717) is 22.9 Å². The predicted molar refractivity (Wildman–Crippen MR) is 74.2 cm³/mol. The van der Waals surface area contributed by atoms with Gasteiger partial charge in [-0.2, -0.15) is 0 Å². The first-order chi connectivity index (χ1) is 8.93. The van der Waals surface area contributed by atoms with Gasteiger partial charge in [-0.15, -0.1) is 0 Å². The number of amides is 1. The van der Waals surface area contributed by atoms with Crippen LogP contribution in [0.2, 0.25) is 0 Å². The van der Waals surface area contributed by atoms with E-state index in [1.807, 2.05) is 0 Å². The fourth-order valence-electron chi connectivity index (χ4n) is 1.88. The molecule has 2 aromatic rings. The van der Waals surface area contributed by atoms with Gasteiger partial charge in [0.1, 0.15) is 0 Å². The molecule has 0 bridgehead atoms. The lowest BCUT2D eigenvalue weighted by atomic mass is 10.1. The Morgan fingerprint density at radius 1 is 1.16 bits per heavy atom. The number of carbonyl (C=O) groups excluding carboxylic acids is 1. The van der Waals surface area contributed by atoms with Gasteiger partial charge in [-0.25, -0.2) is 13.6 Å². The highest BCUT2D eigenvalue weighted by atomic mass is 32.2. The summed E-state index contributed by atoms with van der Waals surface area (Å²) in [4.78, 5) is 11.5. The number of hydrogen-bond acceptors (Lipinski definition) is 3. The third kappa shape index (κ3) is 2.74. The molecular weight excluding hydrogens is 264 g/mol. The molecule has 2 aromatic carbocycles. The molecular formula is C13H14N2O3S. The highest BCUT2D eigenvalue weighted by Gasteiger charge is 2.13. The molecule has 0 fully saturated rings. The number of carbonyl (C=O) groups is 1. The van der Waals surface area contributed by atoms with Gasteiger partial charge in [-0.1, -0.05) is 31.2 Å². The van der Waals surface area contributed by atoms with Crippen molar-refractivity contribution in [2.45, 2.75) is 18.2 Å². The number of rotatable bonds is 3. The van der Waals surface area contributed by atoms with Gasteiger partial charge in [-0.3, -0.25) is 4.79 Å². The largest absolute Gasteiger partial charge is 0.326 e. The van der Waals surface area contributed by atoms with E-state index < -0.39 is 10.0 Å². The Hall–Kier alpha value is -1.92. The molecule has 19 heavy (non-hydrogen) atoms. The van der Waals surface area contributed by atoms with E-state index in [-0.39, 0.29) is 10.8 Å². The van der Waals surface area contributed by atoms with Crippen molar-refractivity contribution in [3.63, 3.8) is 0 Å². The Bertz CT molecular complexity index is 739. The van der Waals surface area contributed by atoms with Crippen molar-refractivity contribution in [2.24, 2.45) is 5.14 Å². The topological polar surface area (TPSA) is 89.3 Å². The zero-order valence-corrected chi connectivity index (χ0v) is 11.2. The Balaban J connectivity index is 2.68. The standard InChI is InChI=1S/C13H14N2O3S/c1-2-13(16)15-11-7-3-6-10-9(11)5-4-8-12(10)19(14,17)18/h3-8H,2H2,1H3,(H,15,16)(H2,14,17,18). The Kier molecular flexibility index (Phi) is 3.55. The van der Waals surface area contributed by atoms with Crippen molar-refractivity contribution in [1.29, 1.82) is 0 Å². The van der Waals surface area contributed by atoms with E-state index in [1.54, 1.807) is 37.3 Å². The van der Waals surface area contributed by atoms with Crippen LogP contribution in [-0.2, 0) is 14.8 Å². The van der Waals surface area contributed by atoms with Crippen LogP contribution in [0.4, 0.5) is 5.69 Å². The fraction of sp³-hybridized carbons (Fsp3) is 0.154. The number of sulfonamides is 1. The minimum absolute atomic E-state index is 0.0533. The van der Waals surface area contributed by atoms with E-state index in [4.69, 9.17) is 5.14 Å². The molecule has 5 nitrogen and oxygen atoms in total. The summed E-state index contributed by atoms with van der Waals surface area (Å²) in [5.74, 6) is -0.131. The molecule has 0 saturated carbocycles. The highest BCUT2D eigenvalue weighted by Crippen LogP contribution is 2.28. The van der Waals surface area contributed by atoms with Gasteiger partial charge in [0.25, 0.3) is 0 Å². The summed E-state index contributed by atoms with van der Waals surface area (Å²) in [7, 11) is -3.79. The lowest BCUT2D eigenvalue weighted by molar-refractivity contribution is -0.115. The summed E-state index contributed by atoms with van der Waals surface area (Å²) < 4.78 is 23.1. The molecule has 6 heteroatoms. The maximum Gasteiger partial charge on any atom is 0.238 e. The molecule has 0 radical (unpaired) electrons. The minimum atomic E-state index is -3.79. The normalized spacial score (nSPS) is 11.5. The summed E-state index contributed by atoms with van der Waals surface area (Å²) in [6, 6.07) is 9.86. The Labute approximate surface area is 111 Å². The van der Waals surface area contributed by atoms with Crippen LogP contribution in [0.1, 0.15) is 13.3 Å². The average molecular weight is 278 g/mol. The van der Waals surface area contributed by atoms with Crippen LogP contribution < -0.4 is 10.5 Å². The van der Waals surface area contributed by atoms with Crippen LogP contribution in [0.15, 0.2) is 41.3 Å². The molecule has 0 aliphatic heterocycles. The van der Waals surface area contributed by atoms with Gasteiger partial charge >= 0.3 is 0 Å². The molecule has 0 aromatic heterocycles. The van der Waals surface area contributed by atoms with Gasteiger partial charge < -0.3 is 5.32 Å². The number of anilines is 1. The summed E-state index contributed by atoms with van der Waals surface area (Å²) in [6.07, 6.45) is 0.352. The second-order valence-corrected chi connectivity index (χ2v) is 5.63. The number of fused-ring (bicyclic) bond motifs is 1. The number of nitrogens with two attached hydrogens (primary N) is 1. The summed E-state index contributed by atoms with van der Waals surface area (Å²) in [5, 5.41) is 9.07. The van der Waals surface area contributed by atoms with Crippen molar-refractivity contribution in [3.05, 3.63) is 36.4 Å². The molecule has 3 N–H and O–H groups in total. The second-order valence-electron chi connectivity index (χ2n) is 4.10. The monoisotopic (exact) mass is 278 g/mol. The third-order valence-electron chi connectivity index (χ3n) is 2.78. The van der Waals surface area contributed by atoms with E-state index in [2.05, 4.69) is 5.32 Å². The van der Waals surface area contributed by atoms with E-state index in [1.165, 1.54) is 6.07 Å². The molecule has 0 aliphatic rings. The van der Waals surface area contributed by atoms with Crippen molar-refractivity contribution in [2.75, 3.05) is 5.32 Å². The molecule has 0 spiro atoms. The Morgan fingerprint density at radius 2 is 1.79 bits per heavy atom. The number of primary sulfonamides is 1. The van der Waals surface area contributed by atoms with Gasteiger partial charge in [0.2, 0.25) is 15.9 Å². The van der Waals surface area contributed by atoms with Crippen LogP contribution in [0.3, 0.4) is 0 Å². The maximum atomic E-state index is 11.5. The van der Waals surface area contributed by atoms with Crippen LogP contribution in [0.5, 0.6) is 0 Å². The molecule has 2 rings (SSSR count). The average Bonchev–Trinajstić information content (AvgIpc) is 2.37. The Morgan fingerprint density at radius 3 is 2.42 bits per heavy atom. The van der Waals surface area contributed by atoms with Gasteiger partial charge in [0.05, 0.1) is 4.90 Å². The molecule has 0 unspecified atom stereocenters. The van der Waals surface area contributed by atoms with E-state index in [9.17, 15) is 13.2 Å². The maximum absolute atomic E-state index is 11.5. The molecule has 100 valence electrons. The van der Waals surface area contributed by atoms with Crippen LogP contribution in [-0.4, -0.2) is 14.3 Å². The smallest absolute Gasteiger partial charge is 0.238 e. The lowest BCUT2D eigenvalue weighted by Crippen LogP contribution is -2.13. The van der Waals surface area contributed by atoms with Crippen LogP contribution in [0.25, 0.3) is 10.8 Å². The molecule has 0 saturated heterocycles. The predicted octanol–water partition coefficient (Wildman–Crippen LogP) is 1.84. The third-order valence-corrected chi connectivity index (χ3v) is 3.75. The zero-order valence-electron chi connectivity index (χ0n) is 10.4. The summed E-state index contributed by atoms with van der Waals surface area (Å²) in [6.45, 7) is 1.75. The van der Waals surface area contributed by atoms with Crippen molar-refractivity contribution < 1.29 is 13.2 Å². The number of hydrogen-bond donors (Lipinski definition) is 2. The van der Waals surface area contributed by atoms with Gasteiger partial charge in [0.15, 0.2) is 0 Å². The first-order valence-corrected chi connectivity index (χ1v) is 7.32. The first-order valence-electron chi connectivity index (χ1n) is 5.78. The van der Waals surface area contributed by atoms with Crippen molar-refractivity contribution in [1.82, 2.24) is 0 Å². The lowest BCUT2D eigenvalue weighted by Gasteiger charge is -2.10. The van der Waals surface area contributed by atoms with Gasteiger partial charge in [-0.05, 0) is 12.1 Å². The van der Waals surface area contributed by atoms with Gasteiger partial charge in [0, 0.05) is 22.9 Å². The minimum Gasteiger partial charge on any atom is -0.326 e. The van der Waals surface area contributed by atoms with Crippen molar-refractivity contribution >= 4 is 32.4 Å². The fourth-order valence-corrected chi connectivity index (χ4v) is 2.63. The highest BCUT2D eigenvalue weighted by molar-refractivity contribution is 7.89. The quantitative estimate of drug-likeness (QED) is 0.897. The van der Waals surface area contributed by atoms with E-state index >= 15 is 0 Å². The van der Waals surface area contributed by atoms with Crippen LogP contribution >= 0.6 is 0 Å². The van der Waals surface area contributed by atoms with Crippen molar-refractivity contribution in [3.8, 4) is 0 Å². The summed E-state index contributed by atoms with van der Waals surface area (Å²) >= 11 is 0. The first kappa shape index (κ1) is 13.5. The van der Waals surface area contributed by atoms with Crippen LogP contribution in [0, 0.1) is 0 Å². The SMILES string of the molecule is CCC(=O)Nc1cccc2c(S(N)(=O)=O)cccc12.